The summed E-state index contributed by atoms with van der Waals surface area (Å²) in [6, 6.07) is 0.308. The summed E-state index contributed by atoms with van der Waals surface area (Å²) < 4.78 is 4.74. The summed E-state index contributed by atoms with van der Waals surface area (Å²) in [7, 11) is 0. The third-order valence-electron chi connectivity index (χ3n) is 3.15. The monoisotopic (exact) mass is 223 g/mol. The highest BCUT2D eigenvalue weighted by Gasteiger charge is 2.27. The van der Waals surface area contributed by atoms with Gasteiger partial charge in [0.05, 0.1) is 11.8 Å². The van der Waals surface area contributed by atoms with E-state index in [1.165, 1.54) is 19.3 Å². The quantitative estimate of drug-likeness (QED) is 0.576. The molecule has 4 heteroatoms. The molecule has 1 heterocycles. The number of aliphatic hydroxyl groups is 1. The fraction of sp³-hybridized carbons (Fsp3) is 0.667. The number of hydrogen-bond acceptors (Lipinski definition) is 4. The van der Waals surface area contributed by atoms with Crippen molar-refractivity contribution >= 4 is 11.7 Å². The van der Waals surface area contributed by atoms with Gasteiger partial charge in [0.2, 0.25) is 0 Å². The molecule has 0 saturated heterocycles. The van der Waals surface area contributed by atoms with Crippen molar-refractivity contribution < 1.29 is 14.6 Å². The normalized spacial score (nSPS) is 23.8. The molecule has 0 bridgehead atoms. The number of aliphatic hydroxyl groups excluding tert-OH is 1. The highest BCUT2D eigenvalue weighted by molar-refractivity contribution is 6.20. The minimum atomic E-state index is -0.449. The lowest BCUT2D eigenvalue weighted by atomic mass is 9.95. The zero-order chi connectivity index (χ0) is 11.5. The van der Waals surface area contributed by atoms with Crippen LogP contribution in [0.3, 0.4) is 0 Å². The lowest BCUT2D eigenvalue weighted by Gasteiger charge is -2.18. The van der Waals surface area contributed by atoms with Gasteiger partial charge in [-0.05, 0) is 19.8 Å². The van der Waals surface area contributed by atoms with E-state index in [1.54, 1.807) is 6.92 Å². The maximum atomic E-state index is 11.3. The van der Waals surface area contributed by atoms with Crippen molar-refractivity contribution in [1.29, 1.82) is 0 Å². The van der Waals surface area contributed by atoms with Gasteiger partial charge >= 0.3 is 5.97 Å². The molecule has 0 aromatic rings. The lowest BCUT2D eigenvalue weighted by molar-refractivity contribution is -0.135. The van der Waals surface area contributed by atoms with E-state index < -0.39 is 5.97 Å². The molecule has 1 fully saturated rings. The average Bonchev–Trinajstić information content (AvgIpc) is 2.60. The molecule has 4 nitrogen and oxygen atoms in total. The van der Waals surface area contributed by atoms with Crippen LogP contribution in [-0.2, 0) is 9.53 Å². The number of carbonyl (C=O) groups excluding carboxylic acids is 1. The van der Waals surface area contributed by atoms with E-state index in [2.05, 4.69) is 4.99 Å². The standard InChI is InChI=1S/C12H17NO3/c1-8(11-10(14)7-16-12(11)15)13-9-5-3-2-4-6-9/h9,14H,2-7H2,1H3. The first kappa shape index (κ1) is 11.2. The van der Waals surface area contributed by atoms with E-state index in [4.69, 9.17) is 4.74 Å². The molecule has 0 aromatic carbocycles. The average molecular weight is 223 g/mol. The Morgan fingerprint density at radius 1 is 1.38 bits per heavy atom. The number of nitrogens with zero attached hydrogens (tertiary/aromatic N) is 1. The largest absolute Gasteiger partial charge is 0.508 e. The molecule has 0 amide bonds. The Morgan fingerprint density at radius 3 is 2.62 bits per heavy atom. The van der Waals surface area contributed by atoms with Gasteiger partial charge in [0, 0.05) is 0 Å². The van der Waals surface area contributed by atoms with E-state index in [-0.39, 0.29) is 17.9 Å². The van der Waals surface area contributed by atoms with Crippen LogP contribution in [0, 0.1) is 0 Å². The fourth-order valence-corrected chi connectivity index (χ4v) is 2.30. The Morgan fingerprint density at radius 2 is 2.06 bits per heavy atom. The van der Waals surface area contributed by atoms with E-state index in [9.17, 15) is 9.90 Å². The summed E-state index contributed by atoms with van der Waals surface area (Å²) in [4.78, 5) is 15.9. The second-order valence-corrected chi connectivity index (χ2v) is 4.40. The van der Waals surface area contributed by atoms with Crippen LogP contribution in [0.5, 0.6) is 0 Å². The van der Waals surface area contributed by atoms with Gasteiger partial charge in [-0.3, -0.25) is 4.99 Å². The van der Waals surface area contributed by atoms with E-state index in [0.29, 0.717) is 11.8 Å². The maximum Gasteiger partial charge on any atom is 0.344 e. The Kier molecular flexibility index (Phi) is 3.27. The van der Waals surface area contributed by atoms with Gasteiger partial charge in [0.25, 0.3) is 0 Å². The van der Waals surface area contributed by atoms with Crippen molar-refractivity contribution in [2.45, 2.75) is 45.1 Å². The molecule has 1 saturated carbocycles. The molecule has 0 unspecified atom stereocenters. The van der Waals surface area contributed by atoms with E-state index in [0.717, 1.165) is 12.8 Å². The van der Waals surface area contributed by atoms with Crippen LogP contribution < -0.4 is 0 Å². The molecule has 1 N–H and O–H groups in total. The third-order valence-corrected chi connectivity index (χ3v) is 3.15. The summed E-state index contributed by atoms with van der Waals surface area (Å²) in [6.45, 7) is 1.76. The predicted molar refractivity (Wildman–Crippen MR) is 60.6 cm³/mol. The van der Waals surface area contributed by atoms with E-state index in [1.807, 2.05) is 0 Å². The van der Waals surface area contributed by atoms with Gasteiger partial charge < -0.3 is 9.84 Å². The van der Waals surface area contributed by atoms with E-state index >= 15 is 0 Å². The molecule has 1 aliphatic heterocycles. The molecule has 1 aliphatic carbocycles. The number of esters is 1. The summed E-state index contributed by atoms with van der Waals surface area (Å²) in [5.74, 6) is -0.434. The maximum absolute atomic E-state index is 11.3. The van der Waals surface area contributed by atoms with Crippen LogP contribution in [0.25, 0.3) is 0 Å². The van der Waals surface area contributed by atoms with Crippen molar-refractivity contribution in [3.63, 3.8) is 0 Å². The Hall–Kier alpha value is -1.32. The van der Waals surface area contributed by atoms with Gasteiger partial charge in [-0.15, -0.1) is 0 Å². The summed E-state index contributed by atoms with van der Waals surface area (Å²) in [5, 5.41) is 9.51. The minimum Gasteiger partial charge on any atom is -0.508 e. The number of ether oxygens (including phenoxy) is 1. The molecule has 88 valence electrons. The van der Waals surface area contributed by atoms with Crippen LogP contribution in [0.2, 0.25) is 0 Å². The van der Waals surface area contributed by atoms with Crippen molar-refractivity contribution in [1.82, 2.24) is 0 Å². The number of aliphatic imine (C=N–C) groups is 1. The van der Waals surface area contributed by atoms with Crippen LogP contribution in [0.15, 0.2) is 16.3 Å². The van der Waals surface area contributed by atoms with Gasteiger partial charge in [-0.1, -0.05) is 19.3 Å². The van der Waals surface area contributed by atoms with Gasteiger partial charge in [-0.2, -0.15) is 0 Å². The van der Waals surface area contributed by atoms with Crippen LogP contribution in [0.1, 0.15) is 39.0 Å². The first-order valence-corrected chi connectivity index (χ1v) is 5.82. The molecular weight excluding hydrogens is 206 g/mol. The van der Waals surface area contributed by atoms with Crippen LogP contribution in [0.4, 0.5) is 0 Å². The number of cyclic esters (lactones) is 1. The summed E-state index contributed by atoms with van der Waals surface area (Å²) in [6.07, 6.45) is 5.86. The van der Waals surface area contributed by atoms with Gasteiger partial charge in [-0.25, -0.2) is 4.79 Å². The van der Waals surface area contributed by atoms with Crippen LogP contribution >= 0.6 is 0 Å². The van der Waals surface area contributed by atoms with Crippen molar-refractivity contribution in [3.8, 4) is 0 Å². The molecule has 16 heavy (non-hydrogen) atoms. The first-order valence-electron chi connectivity index (χ1n) is 5.82. The molecule has 0 aromatic heterocycles. The minimum absolute atomic E-state index is 0.00824. The Labute approximate surface area is 95.0 Å². The topological polar surface area (TPSA) is 58.9 Å². The first-order chi connectivity index (χ1) is 7.68. The molecule has 0 radical (unpaired) electrons. The molecule has 0 spiro atoms. The van der Waals surface area contributed by atoms with Gasteiger partial charge in [0.15, 0.2) is 0 Å². The predicted octanol–water partition coefficient (Wildman–Crippen LogP) is 2.15. The Balaban J connectivity index is 2.11. The SMILES string of the molecule is CC(=NC1CCCCC1)C1=C(O)COC1=O. The summed E-state index contributed by atoms with van der Waals surface area (Å²) in [5.41, 5.74) is 0.887. The second-order valence-electron chi connectivity index (χ2n) is 4.40. The molecule has 2 aliphatic rings. The smallest absolute Gasteiger partial charge is 0.344 e. The van der Waals surface area contributed by atoms with Crippen molar-refractivity contribution in [2.24, 2.45) is 4.99 Å². The molecule has 2 rings (SSSR count). The summed E-state index contributed by atoms with van der Waals surface area (Å²) >= 11 is 0. The third kappa shape index (κ3) is 2.26. The molecular formula is C12H17NO3. The second kappa shape index (κ2) is 4.68. The fourth-order valence-electron chi connectivity index (χ4n) is 2.30. The van der Waals surface area contributed by atoms with Crippen molar-refractivity contribution in [3.05, 3.63) is 11.3 Å². The number of rotatable bonds is 2. The zero-order valence-corrected chi connectivity index (χ0v) is 9.53. The van der Waals surface area contributed by atoms with Crippen LogP contribution in [-0.4, -0.2) is 29.4 Å². The Bertz CT molecular complexity index is 351. The zero-order valence-electron chi connectivity index (χ0n) is 9.53. The highest BCUT2D eigenvalue weighted by atomic mass is 16.5. The lowest BCUT2D eigenvalue weighted by Crippen LogP contribution is -2.15. The number of hydrogen-bond donors (Lipinski definition) is 1. The molecule has 0 atom stereocenters. The number of carbonyl (C=O) groups is 1. The van der Waals surface area contributed by atoms with Crippen molar-refractivity contribution in [2.75, 3.05) is 6.61 Å². The highest BCUT2D eigenvalue weighted by Crippen LogP contribution is 2.22. The van der Waals surface area contributed by atoms with Gasteiger partial charge in [0.1, 0.15) is 17.9 Å².